The second-order valence-electron chi connectivity index (χ2n) is 7.27. The SMILES string of the molecule is CC(=O)N(c1cccc(C(F)(F)F)c1)c1nc(Cn2cnc3c2c(=O)n(C)c(=O)n3C)cs1. The van der Waals surface area contributed by atoms with Gasteiger partial charge < -0.3 is 4.57 Å². The fourth-order valence-corrected chi connectivity index (χ4v) is 4.29. The zero-order valence-electron chi connectivity index (χ0n) is 17.6. The van der Waals surface area contributed by atoms with E-state index in [4.69, 9.17) is 0 Å². The van der Waals surface area contributed by atoms with Crippen LogP contribution in [-0.4, -0.2) is 29.6 Å². The number of fused-ring (bicyclic) bond motifs is 1. The molecule has 0 bridgehead atoms. The fourth-order valence-electron chi connectivity index (χ4n) is 3.41. The Morgan fingerprint density at radius 1 is 1.18 bits per heavy atom. The Hall–Kier alpha value is -3.74. The minimum atomic E-state index is -4.55. The summed E-state index contributed by atoms with van der Waals surface area (Å²) in [6.07, 6.45) is -3.15. The number of alkyl halides is 3. The molecule has 0 radical (unpaired) electrons. The van der Waals surface area contributed by atoms with E-state index in [0.29, 0.717) is 5.69 Å². The normalized spacial score (nSPS) is 11.8. The van der Waals surface area contributed by atoms with Crippen LogP contribution in [0, 0.1) is 0 Å². The van der Waals surface area contributed by atoms with Gasteiger partial charge in [-0.05, 0) is 18.2 Å². The van der Waals surface area contributed by atoms with E-state index in [-0.39, 0.29) is 28.5 Å². The molecule has 0 N–H and O–H groups in total. The van der Waals surface area contributed by atoms with Crippen molar-refractivity contribution in [2.75, 3.05) is 4.90 Å². The van der Waals surface area contributed by atoms with Gasteiger partial charge in [0.15, 0.2) is 16.3 Å². The highest BCUT2D eigenvalue weighted by Crippen LogP contribution is 2.35. The molecule has 1 amide bonds. The van der Waals surface area contributed by atoms with E-state index in [0.717, 1.165) is 32.9 Å². The molecule has 0 saturated carbocycles. The Bertz CT molecular complexity index is 1500. The summed E-state index contributed by atoms with van der Waals surface area (Å²) < 4.78 is 43.1. The molecule has 1 aromatic carbocycles. The molecule has 172 valence electrons. The van der Waals surface area contributed by atoms with Crippen molar-refractivity contribution >= 4 is 39.2 Å². The number of hydrogen-bond acceptors (Lipinski definition) is 6. The Morgan fingerprint density at radius 3 is 2.58 bits per heavy atom. The highest BCUT2D eigenvalue weighted by atomic mass is 32.1. The summed E-state index contributed by atoms with van der Waals surface area (Å²) in [6.45, 7) is 1.34. The summed E-state index contributed by atoms with van der Waals surface area (Å²) in [6, 6.07) is 4.43. The average molecular weight is 478 g/mol. The van der Waals surface area contributed by atoms with Crippen LogP contribution in [0.4, 0.5) is 24.0 Å². The third kappa shape index (κ3) is 3.95. The first-order valence-electron chi connectivity index (χ1n) is 9.52. The van der Waals surface area contributed by atoms with E-state index in [1.54, 1.807) is 5.38 Å². The lowest BCUT2D eigenvalue weighted by Gasteiger charge is -2.19. The highest BCUT2D eigenvalue weighted by Gasteiger charge is 2.31. The van der Waals surface area contributed by atoms with Gasteiger partial charge in [0.05, 0.1) is 29.8 Å². The molecule has 33 heavy (non-hydrogen) atoms. The molecule has 0 aliphatic rings. The molecule has 3 aromatic heterocycles. The number of carbonyl (C=O) groups is 1. The van der Waals surface area contributed by atoms with Crippen LogP contribution in [0.1, 0.15) is 18.2 Å². The number of carbonyl (C=O) groups excluding carboxylic acids is 1. The number of hydrogen-bond donors (Lipinski definition) is 0. The van der Waals surface area contributed by atoms with Crippen molar-refractivity contribution in [2.45, 2.75) is 19.6 Å². The first kappa shape index (κ1) is 22.5. The fraction of sp³-hybridized carbons (Fsp3) is 0.250. The van der Waals surface area contributed by atoms with Crippen LogP contribution in [-0.2, 0) is 31.6 Å². The number of thiazole rings is 1. The van der Waals surface area contributed by atoms with Crippen molar-refractivity contribution in [2.24, 2.45) is 14.1 Å². The first-order chi connectivity index (χ1) is 15.5. The number of halogens is 3. The Balaban J connectivity index is 1.72. The molecule has 4 rings (SSSR count). The van der Waals surface area contributed by atoms with Crippen LogP contribution in [0.15, 0.2) is 45.6 Å². The monoisotopic (exact) mass is 478 g/mol. The molecule has 0 aliphatic carbocycles. The predicted molar refractivity (Wildman–Crippen MR) is 116 cm³/mol. The molecule has 0 unspecified atom stereocenters. The second-order valence-corrected chi connectivity index (χ2v) is 8.11. The number of anilines is 2. The molecule has 3 heterocycles. The van der Waals surface area contributed by atoms with Gasteiger partial charge in [0, 0.05) is 26.4 Å². The molecule has 0 spiro atoms. The summed E-state index contributed by atoms with van der Waals surface area (Å²) in [7, 11) is 2.87. The quantitative estimate of drug-likeness (QED) is 0.450. The third-order valence-corrected chi connectivity index (χ3v) is 5.90. The minimum Gasteiger partial charge on any atom is -0.319 e. The van der Waals surface area contributed by atoms with Crippen LogP contribution in [0.3, 0.4) is 0 Å². The predicted octanol–water partition coefficient (Wildman–Crippen LogP) is 2.64. The lowest BCUT2D eigenvalue weighted by atomic mass is 10.2. The van der Waals surface area contributed by atoms with Crippen molar-refractivity contribution in [3.8, 4) is 0 Å². The topological polar surface area (TPSA) is 95.0 Å². The molecule has 0 aliphatic heterocycles. The number of amides is 1. The minimum absolute atomic E-state index is 0.0372. The summed E-state index contributed by atoms with van der Waals surface area (Å²) in [5, 5.41) is 1.82. The van der Waals surface area contributed by atoms with Gasteiger partial charge in [-0.25, -0.2) is 14.8 Å². The van der Waals surface area contributed by atoms with Crippen LogP contribution in [0.25, 0.3) is 11.2 Å². The number of benzene rings is 1. The summed E-state index contributed by atoms with van der Waals surface area (Å²) in [5.41, 5.74) is -0.987. The molecule has 0 saturated heterocycles. The molecular formula is C20H17F3N6O3S. The standard InChI is InChI=1S/C20H17F3N6O3S/c1-11(30)29(14-6-4-5-12(7-14)20(21,22)23)18-25-13(9-33-18)8-28-10-24-16-15(28)17(31)27(3)19(32)26(16)2/h4-7,9-10H,8H2,1-3H3. The van der Waals surface area contributed by atoms with Gasteiger partial charge in [0.1, 0.15) is 0 Å². The van der Waals surface area contributed by atoms with Crippen LogP contribution in [0.5, 0.6) is 0 Å². The van der Waals surface area contributed by atoms with Crippen molar-refractivity contribution in [3.05, 3.63) is 68.1 Å². The second kappa shape index (κ2) is 7.99. The number of aryl methyl sites for hydroxylation is 1. The van der Waals surface area contributed by atoms with E-state index in [2.05, 4.69) is 9.97 Å². The molecule has 4 aromatic rings. The van der Waals surface area contributed by atoms with Gasteiger partial charge >= 0.3 is 11.9 Å². The van der Waals surface area contributed by atoms with Gasteiger partial charge in [-0.2, -0.15) is 13.2 Å². The Morgan fingerprint density at radius 2 is 1.91 bits per heavy atom. The highest BCUT2D eigenvalue weighted by molar-refractivity contribution is 7.14. The molecule has 13 heteroatoms. The first-order valence-corrected chi connectivity index (χ1v) is 10.4. The largest absolute Gasteiger partial charge is 0.416 e. The molecular weight excluding hydrogens is 461 g/mol. The smallest absolute Gasteiger partial charge is 0.319 e. The summed E-state index contributed by atoms with van der Waals surface area (Å²) >= 11 is 1.07. The van der Waals surface area contributed by atoms with Gasteiger partial charge in [-0.3, -0.25) is 23.6 Å². The number of nitrogens with zero attached hydrogens (tertiary/aromatic N) is 6. The van der Waals surface area contributed by atoms with Crippen LogP contribution < -0.4 is 16.1 Å². The average Bonchev–Trinajstić information content (AvgIpc) is 3.38. The van der Waals surface area contributed by atoms with Gasteiger partial charge in [-0.1, -0.05) is 6.07 Å². The Labute approximate surface area is 188 Å². The van der Waals surface area contributed by atoms with Crippen molar-refractivity contribution in [1.82, 2.24) is 23.7 Å². The van der Waals surface area contributed by atoms with Gasteiger partial charge in [-0.15, -0.1) is 11.3 Å². The van der Waals surface area contributed by atoms with Crippen LogP contribution >= 0.6 is 11.3 Å². The molecule has 0 atom stereocenters. The maximum Gasteiger partial charge on any atom is 0.416 e. The zero-order chi connectivity index (χ0) is 24.1. The maximum atomic E-state index is 13.1. The van der Waals surface area contributed by atoms with Gasteiger partial charge in [0.25, 0.3) is 5.56 Å². The number of rotatable bonds is 4. The van der Waals surface area contributed by atoms with Crippen molar-refractivity contribution in [3.63, 3.8) is 0 Å². The van der Waals surface area contributed by atoms with E-state index in [1.165, 1.54) is 48.6 Å². The lowest BCUT2D eigenvalue weighted by molar-refractivity contribution is -0.137. The number of imidazole rings is 1. The van der Waals surface area contributed by atoms with Crippen molar-refractivity contribution in [1.29, 1.82) is 0 Å². The Kier molecular flexibility index (Phi) is 5.44. The lowest BCUT2D eigenvalue weighted by Crippen LogP contribution is -2.37. The molecule has 0 fully saturated rings. The number of aromatic nitrogens is 5. The molecule has 9 nitrogen and oxygen atoms in total. The van der Waals surface area contributed by atoms with E-state index < -0.39 is 28.9 Å². The summed E-state index contributed by atoms with van der Waals surface area (Å²) in [5.74, 6) is -0.507. The third-order valence-electron chi connectivity index (χ3n) is 5.03. The van der Waals surface area contributed by atoms with E-state index in [1.807, 2.05) is 0 Å². The van der Waals surface area contributed by atoms with E-state index >= 15 is 0 Å². The van der Waals surface area contributed by atoms with Crippen molar-refractivity contribution < 1.29 is 18.0 Å². The van der Waals surface area contributed by atoms with E-state index in [9.17, 15) is 27.6 Å². The van der Waals surface area contributed by atoms with Crippen LogP contribution in [0.2, 0.25) is 0 Å². The van der Waals surface area contributed by atoms with Gasteiger partial charge in [0.2, 0.25) is 5.91 Å². The maximum absolute atomic E-state index is 13.1. The zero-order valence-corrected chi connectivity index (χ0v) is 18.4. The summed E-state index contributed by atoms with van der Waals surface area (Å²) in [4.78, 5) is 46.6.